The fraction of sp³-hybridized carbons (Fsp3) is 0.333. The van der Waals surface area contributed by atoms with Crippen molar-refractivity contribution in [1.82, 2.24) is 5.32 Å². The van der Waals surface area contributed by atoms with Gasteiger partial charge in [0.1, 0.15) is 4.88 Å². The van der Waals surface area contributed by atoms with E-state index in [2.05, 4.69) is 5.32 Å². The number of nitrogens with one attached hydrogen (secondary N) is 1. The highest BCUT2D eigenvalue weighted by atomic mass is 32.1. The Kier molecular flexibility index (Phi) is 8.49. The standard InChI is InChI=1S/C12H17NO3S.C6H8N2/c1-3-8(4-2)11(14)13-7-9-5-6-10(17-9)12(15)16;7-5-3-1-2-4-6(5)8/h5-6,8H,3-4,7H2,1-2H3,(H,13,14)(H,15,16);1-4H,7-8H2. The number of nitrogen functional groups attached to an aromatic ring is 2. The van der Waals surface area contributed by atoms with Gasteiger partial charge in [-0.1, -0.05) is 26.0 Å². The number of thiophene rings is 1. The number of carboxylic acids is 1. The molecule has 0 bridgehead atoms. The second-order valence-corrected chi connectivity index (χ2v) is 6.60. The molecule has 2 aromatic rings. The summed E-state index contributed by atoms with van der Waals surface area (Å²) in [4.78, 5) is 23.5. The summed E-state index contributed by atoms with van der Waals surface area (Å²) >= 11 is 1.20. The number of benzene rings is 1. The van der Waals surface area contributed by atoms with Crippen LogP contribution in [-0.4, -0.2) is 17.0 Å². The molecule has 25 heavy (non-hydrogen) atoms. The van der Waals surface area contributed by atoms with E-state index in [-0.39, 0.29) is 11.8 Å². The van der Waals surface area contributed by atoms with Crippen LogP contribution in [-0.2, 0) is 11.3 Å². The topological polar surface area (TPSA) is 118 Å². The molecule has 0 aliphatic rings. The Bertz CT molecular complexity index is 675. The van der Waals surface area contributed by atoms with Gasteiger partial charge in [-0.05, 0) is 37.1 Å². The van der Waals surface area contributed by atoms with Crippen molar-refractivity contribution in [2.24, 2.45) is 5.92 Å². The summed E-state index contributed by atoms with van der Waals surface area (Å²) in [6, 6.07) is 10.6. The number of nitrogens with two attached hydrogens (primary N) is 2. The van der Waals surface area contributed by atoms with E-state index in [1.54, 1.807) is 24.3 Å². The summed E-state index contributed by atoms with van der Waals surface area (Å²) in [6.45, 7) is 4.39. The molecule has 0 saturated carbocycles. The summed E-state index contributed by atoms with van der Waals surface area (Å²) in [5.41, 5.74) is 12.1. The van der Waals surface area contributed by atoms with Crippen LogP contribution < -0.4 is 16.8 Å². The van der Waals surface area contributed by atoms with E-state index < -0.39 is 5.97 Å². The Balaban J connectivity index is 0.000000324. The average Bonchev–Trinajstić information content (AvgIpc) is 3.07. The van der Waals surface area contributed by atoms with Crippen LogP contribution in [0, 0.1) is 5.92 Å². The molecule has 0 saturated heterocycles. The van der Waals surface area contributed by atoms with Crippen LogP contribution in [0.25, 0.3) is 0 Å². The molecule has 0 spiro atoms. The van der Waals surface area contributed by atoms with Crippen molar-refractivity contribution in [2.75, 3.05) is 11.5 Å². The number of hydrogen-bond acceptors (Lipinski definition) is 5. The number of para-hydroxylation sites is 2. The molecule has 7 heteroatoms. The van der Waals surface area contributed by atoms with E-state index in [1.807, 2.05) is 26.0 Å². The van der Waals surface area contributed by atoms with Gasteiger partial charge in [0.15, 0.2) is 0 Å². The molecule has 1 amide bonds. The quantitative estimate of drug-likeness (QED) is 0.587. The molecule has 1 aromatic carbocycles. The van der Waals surface area contributed by atoms with Crippen molar-refractivity contribution in [2.45, 2.75) is 33.2 Å². The fourth-order valence-electron chi connectivity index (χ4n) is 2.08. The van der Waals surface area contributed by atoms with Gasteiger partial charge >= 0.3 is 5.97 Å². The maximum atomic E-state index is 11.7. The van der Waals surface area contributed by atoms with Gasteiger partial charge in [-0.25, -0.2) is 4.79 Å². The Morgan fingerprint density at radius 1 is 1.08 bits per heavy atom. The molecule has 2 rings (SSSR count). The summed E-state index contributed by atoms with van der Waals surface area (Å²) in [7, 11) is 0. The van der Waals surface area contributed by atoms with Crippen LogP contribution in [0.4, 0.5) is 11.4 Å². The highest BCUT2D eigenvalue weighted by Gasteiger charge is 2.14. The van der Waals surface area contributed by atoms with Gasteiger partial charge in [-0.15, -0.1) is 11.3 Å². The van der Waals surface area contributed by atoms with Crippen molar-refractivity contribution < 1.29 is 14.7 Å². The molecule has 0 atom stereocenters. The molecule has 0 aliphatic carbocycles. The van der Waals surface area contributed by atoms with Gasteiger partial charge in [0.2, 0.25) is 5.91 Å². The molecular formula is C18H25N3O3S. The Labute approximate surface area is 151 Å². The monoisotopic (exact) mass is 363 g/mol. The van der Waals surface area contributed by atoms with Crippen molar-refractivity contribution in [3.8, 4) is 0 Å². The Hall–Kier alpha value is -2.54. The lowest BCUT2D eigenvalue weighted by atomic mass is 10.0. The number of rotatable bonds is 6. The zero-order valence-corrected chi connectivity index (χ0v) is 15.3. The zero-order chi connectivity index (χ0) is 18.8. The number of carboxylic acid groups (broad SMARTS) is 1. The first-order valence-electron chi connectivity index (χ1n) is 8.08. The van der Waals surface area contributed by atoms with E-state index >= 15 is 0 Å². The molecule has 1 aromatic heterocycles. The predicted octanol–water partition coefficient (Wildman–Crippen LogP) is 3.35. The Morgan fingerprint density at radius 3 is 2.04 bits per heavy atom. The number of anilines is 2. The first-order chi connectivity index (χ1) is 11.9. The molecule has 0 radical (unpaired) electrons. The van der Waals surface area contributed by atoms with Crippen LogP contribution >= 0.6 is 11.3 Å². The molecule has 0 unspecified atom stereocenters. The number of aromatic carboxylic acids is 1. The minimum atomic E-state index is -0.924. The van der Waals surface area contributed by atoms with Crippen LogP contribution in [0.5, 0.6) is 0 Å². The van der Waals surface area contributed by atoms with Crippen LogP contribution in [0.1, 0.15) is 41.2 Å². The highest BCUT2D eigenvalue weighted by Crippen LogP contribution is 2.16. The second kappa shape index (κ2) is 10.4. The van der Waals surface area contributed by atoms with E-state index in [0.29, 0.717) is 22.8 Å². The molecule has 6 nitrogen and oxygen atoms in total. The fourth-order valence-corrected chi connectivity index (χ4v) is 2.86. The summed E-state index contributed by atoms with van der Waals surface area (Å²) in [5.74, 6) is -0.832. The molecule has 136 valence electrons. The minimum absolute atomic E-state index is 0.0419. The number of hydrogen-bond donors (Lipinski definition) is 4. The van der Waals surface area contributed by atoms with Gasteiger partial charge in [-0.3, -0.25) is 4.79 Å². The van der Waals surface area contributed by atoms with Gasteiger partial charge in [0, 0.05) is 10.8 Å². The zero-order valence-electron chi connectivity index (χ0n) is 14.5. The lowest BCUT2D eigenvalue weighted by Gasteiger charge is -2.11. The summed E-state index contributed by atoms with van der Waals surface area (Å²) < 4.78 is 0. The van der Waals surface area contributed by atoms with Crippen molar-refractivity contribution >= 4 is 34.6 Å². The van der Waals surface area contributed by atoms with E-state index in [4.69, 9.17) is 16.6 Å². The van der Waals surface area contributed by atoms with Gasteiger partial charge < -0.3 is 21.9 Å². The third-order valence-electron chi connectivity index (χ3n) is 3.66. The molecule has 6 N–H and O–H groups in total. The first-order valence-corrected chi connectivity index (χ1v) is 8.90. The third-order valence-corrected chi connectivity index (χ3v) is 4.73. The summed E-state index contributed by atoms with van der Waals surface area (Å²) in [5, 5.41) is 11.6. The van der Waals surface area contributed by atoms with Crippen molar-refractivity contribution in [1.29, 1.82) is 0 Å². The SMILES string of the molecule is CCC(CC)C(=O)NCc1ccc(C(=O)O)s1.Nc1ccccc1N. The highest BCUT2D eigenvalue weighted by molar-refractivity contribution is 7.13. The average molecular weight is 363 g/mol. The van der Waals surface area contributed by atoms with Crippen LogP contribution in [0.2, 0.25) is 0 Å². The molecule has 1 heterocycles. The van der Waals surface area contributed by atoms with Gasteiger partial charge in [-0.2, -0.15) is 0 Å². The van der Waals surface area contributed by atoms with Gasteiger partial charge in [0.25, 0.3) is 0 Å². The maximum Gasteiger partial charge on any atom is 0.345 e. The van der Waals surface area contributed by atoms with Crippen molar-refractivity contribution in [3.63, 3.8) is 0 Å². The number of carbonyl (C=O) groups excluding carboxylic acids is 1. The third kappa shape index (κ3) is 6.84. The normalized spacial score (nSPS) is 10.0. The van der Waals surface area contributed by atoms with Crippen molar-refractivity contribution in [3.05, 3.63) is 46.2 Å². The van der Waals surface area contributed by atoms with Gasteiger partial charge in [0.05, 0.1) is 17.9 Å². The molecular weight excluding hydrogens is 338 g/mol. The lowest BCUT2D eigenvalue weighted by molar-refractivity contribution is -0.125. The number of amides is 1. The lowest BCUT2D eigenvalue weighted by Crippen LogP contribution is -2.29. The Morgan fingerprint density at radius 2 is 1.64 bits per heavy atom. The van der Waals surface area contributed by atoms with E-state index in [0.717, 1.165) is 17.7 Å². The molecule has 0 aliphatic heterocycles. The first kappa shape index (κ1) is 20.5. The maximum absolute atomic E-state index is 11.7. The minimum Gasteiger partial charge on any atom is -0.477 e. The van der Waals surface area contributed by atoms with Crippen LogP contribution in [0.15, 0.2) is 36.4 Å². The largest absolute Gasteiger partial charge is 0.477 e. The van der Waals surface area contributed by atoms with E-state index in [9.17, 15) is 9.59 Å². The molecule has 0 fully saturated rings. The smallest absolute Gasteiger partial charge is 0.345 e. The summed E-state index contributed by atoms with van der Waals surface area (Å²) in [6.07, 6.45) is 1.65. The van der Waals surface area contributed by atoms with E-state index in [1.165, 1.54) is 11.3 Å². The van der Waals surface area contributed by atoms with Crippen LogP contribution in [0.3, 0.4) is 0 Å². The number of carbonyl (C=O) groups is 2. The predicted molar refractivity (Wildman–Crippen MR) is 102 cm³/mol. The second-order valence-electron chi connectivity index (χ2n) is 5.43.